The van der Waals surface area contributed by atoms with Crippen molar-refractivity contribution in [3.05, 3.63) is 22.1 Å². The molecule has 1 N–H and O–H groups in total. The van der Waals surface area contributed by atoms with Crippen LogP contribution in [-0.2, 0) is 16.1 Å². The molecular formula is C11H13N3O4S. The number of aromatic nitrogens is 2. The van der Waals surface area contributed by atoms with Crippen LogP contribution in [0.15, 0.2) is 16.1 Å². The number of methoxy groups -OCH3 is 1. The summed E-state index contributed by atoms with van der Waals surface area (Å²) in [5, 5.41) is 3.02. The average molecular weight is 283 g/mol. The molecule has 19 heavy (non-hydrogen) atoms. The molecule has 102 valence electrons. The third kappa shape index (κ3) is 2.62. The molecule has 0 saturated carbocycles. The lowest BCUT2D eigenvalue weighted by Crippen LogP contribution is -2.42. The molecule has 8 heteroatoms. The average Bonchev–Trinajstić information content (AvgIpc) is 2.87. The zero-order chi connectivity index (χ0) is 14.0. The highest BCUT2D eigenvalue weighted by Crippen LogP contribution is 2.20. The highest BCUT2D eigenvalue weighted by Gasteiger charge is 2.22. The summed E-state index contributed by atoms with van der Waals surface area (Å²) in [5.41, 5.74) is -0.452. The number of rotatable bonds is 3. The second-order valence-corrected chi connectivity index (χ2v) is 5.04. The molecule has 1 aliphatic rings. The molecule has 7 nitrogen and oxygen atoms in total. The van der Waals surface area contributed by atoms with Gasteiger partial charge in [0.25, 0.3) is 11.5 Å². The van der Waals surface area contributed by atoms with E-state index in [9.17, 15) is 14.4 Å². The van der Waals surface area contributed by atoms with E-state index in [2.05, 4.69) is 15.0 Å². The van der Waals surface area contributed by atoms with Gasteiger partial charge in [-0.1, -0.05) is 11.8 Å². The van der Waals surface area contributed by atoms with Crippen LogP contribution < -0.4 is 10.9 Å². The summed E-state index contributed by atoms with van der Waals surface area (Å²) in [4.78, 5) is 39.2. The van der Waals surface area contributed by atoms with E-state index in [0.717, 1.165) is 5.75 Å². The topological polar surface area (TPSA) is 90.3 Å². The Labute approximate surface area is 113 Å². The molecule has 0 aliphatic carbocycles. The number of nitrogens with one attached hydrogen (secondary N) is 1. The summed E-state index contributed by atoms with van der Waals surface area (Å²) in [6.45, 7) is 2.03. The largest absolute Gasteiger partial charge is 0.467 e. The molecule has 1 aromatic heterocycles. The van der Waals surface area contributed by atoms with Gasteiger partial charge in [0.1, 0.15) is 11.6 Å². The molecule has 1 amide bonds. The maximum atomic E-state index is 12.1. The van der Waals surface area contributed by atoms with Gasteiger partial charge >= 0.3 is 5.97 Å². The lowest BCUT2D eigenvalue weighted by atomic mass is 10.2. The lowest BCUT2D eigenvalue weighted by molar-refractivity contribution is -0.142. The number of amides is 1. The molecule has 1 aliphatic heterocycles. The molecule has 0 radical (unpaired) electrons. The maximum absolute atomic E-state index is 12.1. The van der Waals surface area contributed by atoms with Crippen molar-refractivity contribution in [2.45, 2.75) is 24.7 Å². The van der Waals surface area contributed by atoms with Crippen molar-refractivity contribution in [3.63, 3.8) is 0 Å². The van der Waals surface area contributed by atoms with Gasteiger partial charge in [-0.15, -0.1) is 0 Å². The van der Waals surface area contributed by atoms with Gasteiger partial charge in [0.15, 0.2) is 5.16 Å². The van der Waals surface area contributed by atoms with Crippen LogP contribution in [0.1, 0.15) is 17.3 Å². The summed E-state index contributed by atoms with van der Waals surface area (Å²) in [6, 6.07) is -0.815. The van der Waals surface area contributed by atoms with E-state index in [1.807, 2.05) is 0 Å². The van der Waals surface area contributed by atoms with Crippen LogP contribution in [0.25, 0.3) is 0 Å². The smallest absolute Gasteiger partial charge is 0.328 e. The Balaban J connectivity index is 2.21. The van der Waals surface area contributed by atoms with E-state index < -0.39 is 17.9 Å². The molecule has 2 heterocycles. The van der Waals surface area contributed by atoms with Crippen LogP contribution in [0.4, 0.5) is 0 Å². The fraction of sp³-hybridized carbons (Fsp3) is 0.455. The van der Waals surface area contributed by atoms with Crippen LogP contribution in [0, 0.1) is 0 Å². The van der Waals surface area contributed by atoms with Gasteiger partial charge in [0.05, 0.1) is 7.11 Å². The highest BCUT2D eigenvalue weighted by atomic mass is 32.2. The molecule has 1 atom stereocenters. The van der Waals surface area contributed by atoms with Crippen LogP contribution >= 0.6 is 11.8 Å². The Morgan fingerprint density at radius 2 is 2.32 bits per heavy atom. The number of carbonyl (C=O) groups excluding carboxylic acids is 2. The van der Waals surface area contributed by atoms with Gasteiger partial charge in [-0.25, -0.2) is 9.78 Å². The van der Waals surface area contributed by atoms with Gasteiger partial charge in [-0.2, -0.15) is 0 Å². The van der Waals surface area contributed by atoms with Crippen molar-refractivity contribution < 1.29 is 14.3 Å². The first-order chi connectivity index (χ1) is 9.04. The van der Waals surface area contributed by atoms with Gasteiger partial charge in [0.2, 0.25) is 0 Å². The summed E-state index contributed by atoms with van der Waals surface area (Å²) < 4.78 is 5.96. The minimum absolute atomic E-state index is 0.0676. The van der Waals surface area contributed by atoms with Crippen molar-refractivity contribution in [2.75, 3.05) is 12.9 Å². The Morgan fingerprint density at radius 1 is 1.58 bits per heavy atom. The molecule has 1 unspecified atom stereocenters. The molecule has 0 aromatic carbocycles. The van der Waals surface area contributed by atoms with Crippen molar-refractivity contribution >= 4 is 23.6 Å². The minimum atomic E-state index is -0.815. The Kier molecular flexibility index (Phi) is 3.89. The molecule has 0 fully saturated rings. The fourth-order valence-electron chi connectivity index (χ4n) is 1.68. The standard InChI is InChI=1S/C11H13N3O4S/c1-6(10(17)18-2)13-8(15)7-5-12-11-14(9(7)16)3-4-19-11/h5-6H,3-4H2,1-2H3,(H,13,15). The number of thioether (sulfide) groups is 1. The number of nitrogens with zero attached hydrogens (tertiary/aromatic N) is 2. The number of esters is 1. The summed E-state index contributed by atoms with van der Waals surface area (Å²) in [6.07, 6.45) is 1.24. The minimum Gasteiger partial charge on any atom is -0.467 e. The van der Waals surface area contributed by atoms with Crippen molar-refractivity contribution in [1.82, 2.24) is 14.9 Å². The third-order valence-corrected chi connectivity index (χ3v) is 3.67. The third-order valence-electron chi connectivity index (χ3n) is 2.70. The maximum Gasteiger partial charge on any atom is 0.328 e. The second-order valence-electron chi connectivity index (χ2n) is 3.98. The Hall–Kier alpha value is -1.83. The van der Waals surface area contributed by atoms with E-state index in [0.29, 0.717) is 11.7 Å². The molecule has 0 spiro atoms. The first kappa shape index (κ1) is 13.6. The molecule has 0 bridgehead atoms. The van der Waals surface area contributed by atoms with E-state index in [4.69, 9.17) is 0 Å². The normalized spacial score (nSPS) is 14.6. The SMILES string of the molecule is COC(=O)C(C)NC(=O)c1cnc2n(c1=O)CCS2. The van der Waals surface area contributed by atoms with Crippen LogP contribution in [-0.4, -0.2) is 40.3 Å². The predicted octanol–water partition coefficient (Wildman–Crippen LogP) is -0.360. The zero-order valence-corrected chi connectivity index (χ0v) is 11.3. The Morgan fingerprint density at radius 3 is 3.00 bits per heavy atom. The van der Waals surface area contributed by atoms with Crippen LogP contribution in [0.3, 0.4) is 0 Å². The first-order valence-corrected chi connectivity index (χ1v) is 6.64. The van der Waals surface area contributed by atoms with Crippen molar-refractivity contribution in [3.8, 4) is 0 Å². The summed E-state index contributed by atoms with van der Waals surface area (Å²) >= 11 is 1.47. The second kappa shape index (κ2) is 5.43. The van der Waals surface area contributed by atoms with Crippen LogP contribution in [0.2, 0.25) is 0 Å². The number of ether oxygens (including phenoxy) is 1. The first-order valence-electron chi connectivity index (χ1n) is 5.66. The quantitative estimate of drug-likeness (QED) is 0.602. The van der Waals surface area contributed by atoms with Gasteiger partial charge in [-0.05, 0) is 6.92 Å². The van der Waals surface area contributed by atoms with Crippen LogP contribution in [0.5, 0.6) is 0 Å². The predicted molar refractivity (Wildman–Crippen MR) is 68.2 cm³/mol. The summed E-state index contributed by atoms with van der Waals surface area (Å²) in [7, 11) is 1.23. The Bertz CT molecular complexity index is 584. The van der Waals surface area contributed by atoms with E-state index >= 15 is 0 Å². The zero-order valence-electron chi connectivity index (χ0n) is 10.5. The molecular weight excluding hydrogens is 270 g/mol. The summed E-state index contributed by atoms with van der Waals surface area (Å²) in [5.74, 6) is -0.424. The lowest BCUT2D eigenvalue weighted by Gasteiger charge is -2.11. The van der Waals surface area contributed by atoms with E-state index in [-0.39, 0.29) is 11.1 Å². The van der Waals surface area contributed by atoms with Gasteiger partial charge in [-0.3, -0.25) is 14.2 Å². The van der Waals surface area contributed by atoms with Gasteiger partial charge in [0, 0.05) is 18.5 Å². The van der Waals surface area contributed by atoms with Crippen molar-refractivity contribution in [1.29, 1.82) is 0 Å². The van der Waals surface area contributed by atoms with Crippen molar-refractivity contribution in [2.24, 2.45) is 0 Å². The molecule has 2 rings (SSSR count). The van der Waals surface area contributed by atoms with Gasteiger partial charge < -0.3 is 10.1 Å². The number of hydrogen-bond acceptors (Lipinski definition) is 6. The molecule has 1 aromatic rings. The number of fused-ring (bicyclic) bond motifs is 1. The number of hydrogen-bond donors (Lipinski definition) is 1. The fourth-order valence-corrected chi connectivity index (χ4v) is 2.60. The monoisotopic (exact) mass is 283 g/mol. The number of carbonyl (C=O) groups is 2. The van der Waals surface area contributed by atoms with E-state index in [1.54, 1.807) is 0 Å². The molecule has 0 saturated heterocycles. The van der Waals surface area contributed by atoms with E-state index in [1.165, 1.54) is 36.6 Å². The highest BCUT2D eigenvalue weighted by molar-refractivity contribution is 7.99.